The van der Waals surface area contributed by atoms with Crippen molar-refractivity contribution in [1.82, 2.24) is 5.32 Å². The number of amides is 1. The lowest BCUT2D eigenvalue weighted by molar-refractivity contribution is -0.124. The van der Waals surface area contributed by atoms with Crippen LogP contribution >= 0.6 is 11.6 Å². The van der Waals surface area contributed by atoms with Gasteiger partial charge in [-0.1, -0.05) is 11.6 Å². The SMILES string of the molecule is COCC(C)NC(=O)COc1ccc(Cl)cc1C(=O)OC. The minimum Gasteiger partial charge on any atom is -0.483 e. The molecule has 1 aromatic carbocycles. The number of methoxy groups -OCH3 is 2. The summed E-state index contributed by atoms with van der Waals surface area (Å²) in [5.41, 5.74) is 0.169. The van der Waals surface area contributed by atoms with Gasteiger partial charge in [0.1, 0.15) is 11.3 Å². The third kappa shape index (κ3) is 5.61. The molecule has 1 N–H and O–H groups in total. The molecule has 0 aromatic heterocycles. The lowest BCUT2D eigenvalue weighted by Gasteiger charge is -2.14. The zero-order valence-electron chi connectivity index (χ0n) is 12.1. The Morgan fingerprint density at radius 1 is 1.33 bits per heavy atom. The summed E-state index contributed by atoms with van der Waals surface area (Å²) in [5, 5.41) is 3.07. The highest BCUT2D eigenvalue weighted by Gasteiger charge is 2.15. The molecule has 0 aliphatic rings. The molecular formula is C14H18ClNO5. The molecule has 0 saturated heterocycles. The van der Waals surface area contributed by atoms with Gasteiger partial charge in [-0.15, -0.1) is 0 Å². The smallest absolute Gasteiger partial charge is 0.341 e. The van der Waals surface area contributed by atoms with Crippen molar-refractivity contribution < 1.29 is 23.8 Å². The van der Waals surface area contributed by atoms with E-state index < -0.39 is 5.97 Å². The fraction of sp³-hybridized carbons (Fsp3) is 0.429. The van der Waals surface area contributed by atoms with Gasteiger partial charge >= 0.3 is 5.97 Å². The first-order valence-electron chi connectivity index (χ1n) is 6.27. The maximum Gasteiger partial charge on any atom is 0.341 e. The number of ether oxygens (including phenoxy) is 3. The molecule has 0 spiro atoms. The largest absolute Gasteiger partial charge is 0.483 e. The number of rotatable bonds is 7. The van der Waals surface area contributed by atoms with Crippen molar-refractivity contribution in [3.63, 3.8) is 0 Å². The molecule has 1 amide bonds. The number of hydrogen-bond acceptors (Lipinski definition) is 5. The fourth-order valence-electron chi connectivity index (χ4n) is 1.65. The van der Waals surface area contributed by atoms with E-state index in [-0.39, 0.29) is 29.9 Å². The minimum atomic E-state index is -0.583. The third-order valence-corrected chi connectivity index (χ3v) is 2.76. The highest BCUT2D eigenvalue weighted by Crippen LogP contribution is 2.23. The number of benzene rings is 1. The Kier molecular flexibility index (Phi) is 6.98. The molecule has 0 heterocycles. The van der Waals surface area contributed by atoms with E-state index in [2.05, 4.69) is 10.1 Å². The average Bonchev–Trinajstić information content (AvgIpc) is 2.45. The second kappa shape index (κ2) is 8.49. The summed E-state index contributed by atoms with van der Waals surface area (Å²) in [7, 11) is 2.81. The lowest BCUT2D eigenvalue weighted by atomic mass is 10.2. The van der Waals surface area contributed by atoms with Gasteiger partial charge in [0, 0.05) is 18.2 Å². The van der Waals surface area contributed by atoms with Crippen LogP contribution in [-0.4, -0.2) is 45.4 Å². The van der Waals surface area contributed by atoms with Crippen LogP contribution in [-0.2, 0) is 14.3 Å². The first kappa shape index (κ1) is 17.3. The molecule has 0 aliphatic carbocycles. The van der Waals surface area contributed by atoms with Crippen LogP contribution in [0.15, 0.2) is 18.2 Å². The molecular weight excluding hydrogens is 298 g/mol. The molecule has 1 unspecified atom stereocenters. The molecule has 7 heteroatoms. The van der Waals surface area contributed by atoms with E-state index >= 15 is 0 Å². The van der Waals surface area contributed by atoms with Crippen LogP contribution in [0, 0.1) is 0 Å². The third-order valence-electron chi connectivity index (χ3n) is 2.53. The van der Waals surface area contributed by atoms with Crippen LogP contribution in [0.4, 0.5) is 0 Å². The van der Waals surface area contributed by atoms with Gasteiger partial charge in [-0.25, -0.2) is 4.79 Å². The predicted octanol–water partition coefficient (Wildman–Crippen LogP) is 1.66. The number of carbonyl (C=O) groups is 2. The Labute approximate surface area is 128 Å². The normalized spacial score (nSPS) is 11.6. The number of nitrogens with one attached hydrogen (secondary N) is 1. The highest BCUT2D eigenvalue weighted by atomic mass is 35.5. The van der Waals surface area contributed by atoms with E-state index in [1.54, 1.807) is 13.2 Å². The summed E-state index contributed by atoms with van der Waals surface area (Å²) < 4.78 is 14.9. The Morgan fingerprint density at radius 2 is 2.05 bits per heavy atom. The van der Waals surface area contributed by atoms with Gasteiger partial charge in [0.25, 0.3) is 5.91 Å². The van der Waals surface area contributed by atoms with E-state index in [4.69, 9.17) is 21.1 Å². The number of hydrogen-bond donors (Lipinski definition) is 1. The van der Waals surface area contributed by atoms with Crippen LogP contribution < -0.4 is 10.1 Å². The second-order valence-corrected chi connectivity index (χ2v) is 4.78. The van der Waals surface area contributed by atoms with E-state index in [1.165, 1.54) is 19.2 Å². The maximum absolute atomic E-state index is 11.7. The van der Waals surface area contributed by atoms with Crippen molar-refractivity contribution in [2.45, 2.75) is 13.0 Å². The predicted molar refractivity (Wildman–Crippen MR) is 77.8 cm³/mol. The Balaban J connectivity index is 2.67. The molecule has 6 nitrogen and oxygen atoms in total. The van der Waals surface area contributed by atoms with Crippen molar-refractivity contribution in [3.8, 4) is 5.75 Å². The second-order valence-electron chi connectivity index (χ2n) is 4.34. The summed E-state index contributed by atoms with van der Waals surface area (Å²) in [6, 6.07) is 4.38. The Hall–Kier alpha value is -1.79. The fourth-order valence-corrected chi connectivity index (χ4v) is 1.82. The van der Waals surface area contributed by atoms with Crippen molar-refractivity contribution in [2.75, 3.05) is 27.4 Å². The van der Waals surface area contributed by atoms with Gasteiger partial charge in [-0.05, 0) is 25.1 Å². The molecule has 0 aliphatic heterocycles. The molecule has 0 bridgehead atoms. The monoisotopic (exact) mass is 315 g/mol. The summed E-state index contributed by atoms with van der Waals surface area (Å²) in [5.74, 6) is -0.660. The van der Waals surface area contributed by atoms with Crippen LogP contribution in [0.1, 0.15) is 17.3 Å². The van der Waals surface area contributed by atoms with Crippen molar-refractivity contribution in [3.05, 3.63) is 28.8 Å². The summed E-state index contributed by atoms with van der Waals surface area (Å²) in [6.45, 7) is 1.99. The Morgan fingerprint density at radius 3 is 2.67 bits per heavy atom. The molecule has 0 radical (unpaired) electrons. The highest BCUT2D eigenvalue weighted by molar-refractivity contribution is 6.31. The summed E-state index contributed by atoms with van der Waals surface area (Å²) in [4.78, 5) is 23.3. The standard InChI is InChI=1S/C14H18ClNO5/c1-9(7-19-2)16-13(17)8-21-12-5-4-10(15)6-11(12)14(18)20-3/h4-6,9H,7-8H2,1-3H3,(H,16,17). The van der Waals surface area contributed by atoms with Gasteiger partial charge in [0.15, 0.2) is 6.61 Å². The quantitative estimate of drug-likeness (QED) is 0.775. The van der Waals surface area contributed by atoms with Crippen LogP contribution in [0.3, 0.4) is 0 Å². The molecule has 0 fully saturated rings. The molecule has 1 aromatic rings. The molecule has 1 atom stereocenters. The van der Waals surface area contributed by atoms with Crippen LogP contribution in [0.25, 0.3) is 0 Å². The number of esters is 1. The lowest BCUT2D eigenvalue weighted by Crippen LogP contribution is -2.38. The summed E-state index contributed by atoms with van der Waals surface area (Å²) >= 11 is 5.83. The zero-order chi connectivity index (χ0) is 15.8. The Bertz CT molecular complexity index is 506. The van der Waals surface area contributed by atoms with E-state index in [0.29, 0.717) is 11.6 Å². The maximum atomic E-state index is 11.7. The van der Waals surface area contributed by atoms with Crippen molar-refractivity contribution >= 4 is 23.5 Å². The van der Waals surface area contributed by atoms with Gasteiger partial charge in [-0.2, -0.15) is 0 Å². The van der Waals surface area contributed by atoms with Gasteiger partial charge in [0.2, 0.25) is 0 Å². The molecule has 21 heavy (non-hydrogen) atoms. The van der Waals surface area contributed by atoms with Gasteiger partial charge in [0.05, 0.1) is 13.7 Å². The first-order chi connectivity index (χ1) is 9.97. The van der Waals surface area contributed by atoms with E-state index in [0.717, 1.165) is 0 Å². The van der Waals surface area contributed by atoms with Crippen LogP contribution in [0.2, 0.25) is 5.02 Å². The van der Waals surface area contributed by atoms with Crippen LogP contribution in [0.5, 0.6) is 5.75 Å². The van der Waals surface area contributed by atoms with Crippen molar-refractivity contribution in [1.29, 1.82) is 0 Å². The van der Waals surface area contributed by atoms with Gasteiger partial charge < -0.3 is 19.5 Å². The first-order valence-corrected chi connectivity index (χ1v) is 6.64. The van der Waals surface area contributed by atoms with Gasteiger partial charge in [-0.3, -0.25) is 4.79 Å². The number of halogens is 1. The average molecular weight is 316 g/mol. The van der Waals surface area contributed by atoms with Crippen molar-refractivity contribution in [2.24, 2.45) is 0 Å². The molecule has 116 valence electrons. The minimum absolute atomic E-state index is 0.128. The van der Waals surface area contributed by atoms with E-state index in [9.17, 15) is 9.59 Å². The number of carbonyl (C=O) groups excluding carboxylic acids is 2. The molecule has 0 saturated carbocycles. The zero-order valence-corrected chi connectivity index (χ0v) is 12.9. The van der Waals surface area contributed by atoms with E-state index in [1.807, 2.05) is 6.92 Å². The summed E-state index contributed by atoms with van der Waals surface area (Å²) in [6.07, 6.45) is 0. The topological polar surface area (TPSA) is 73.9 Å². The molecule has 1 rings (SSSR count).